The Morgan fingerprint density at radius 2 is 2.04 bits per heavy atom. The van der Waals surface area contributed by atoms with Crippen molar-refractivity contribution >= 4 is 11.0 Å². The van der Waals surface area contributed by atoms with E-state index in [1.165, 1.54) is 18.5 Å². The van der Waals surface area contributed by atoms with Gasteiger partial charge in [0.2, 0.25) is 0 Å². The zero-order valence-electron chi connectivity index (χ0n) is 15.0. The van der Waals surface area contributed by atoms with Gasteiger partial charge < -0.3 is 9.97 Å². The molecule has 4 aromatic rings. The molecule has 2 aliphatic rings. The van der Waals surface area contributed by atoms with Gasteiger partial charge in [0.05, 0.1) is 12.2 Å². The average molecular weight is 359 g/mol. The molecule has 27 heavy (non-hydrogen) atoms. The third-order valence-electron chi connectivity index (χ3n) is 6.18. The topological polar surface area (TPSA) is 78.4 Å². The number of fused-ring (bicyclic) bond motifs is 3. The zero-order chi connectivity index (χ0) is 17.8. The fourth-order valence-corrected chi connectivity index (χ4v) is 4.79. The first-order chi connectivity index (χ1) is 13.3. The van der Waals surface area contributed by atoms with Crippen LogP contribution in [-0.4, -0.2) is 47.7 Å². The van der Waals surface area contributed by atoms with Gasteiger partial charge in [-0.15, -0.1) is 0 Å². The monoisotopic (exact) mass is 359 g/mol. The van der Waals surface area contributed by atoms with E-state index in [9.17, 15) is 0 Å². The van der Waals surface area contributed by atoms with Gasteiger partial charge in [-0.25, -0.2) is 9.97 Å². The highest BCUT2D eigenvalue weighted by Gasteiger charge is 2.45. The molecule has 1 unspecified atom stereocenters. The van der Waals surface area contributed by atoms with E-state index in [-0.39, 0.29) is 5.41 Å². The molecule has 136 valence electrons. The van der Waals surface area contributed by atoms with Gasteiger partial charge in [-0.1, -0.05) is 0 Å². The number of hydrogen-bond donors (Lipinski definition) is 2. The summed E-state index contributed by atoms with van der Waals surface area (Å²) in [4.78, 5) is 17.8. The zero-order valence-corrected chi connectivity index (χ0v) is 15.0. The lowest BCUT2D eigenvalue weighted by molar-refractivity contribution is 0.295. The second-order valence-corrected chi connectivity index (χ2v) is 7.80. The summed E-state index contributed by atoms with van der Waals surface area (Å²) in [5, 5.41) is 6.03. The summed E-state index contributed by atoms with van der Waals surface area (Å²) in [5.74, 6) is 1.05. The SMILES string of the molecule is c1c[nH]c(CN2CCC3(CCn4nc(-c5cnc6[nH]ccc6c5)cc43)C2)n1. The minimum Gasteiger partial charge on any atom is -0.348 e. The number of nitrogens with one attached hydrogen (secondary N) is 2. The molecule has 0 bridgehead atoms. The minimum absolute atomic E-state index is 0.226. The van der Waals surface area contributed by atoms with Crippen LogP contribution in [0.4, 0.5) is 0 Å². The van der Waals surface area contributed by atoms with Crippen molar-refractivity contribution in [3.8, 4) is 11.3 Å². The van der Waals surface area contributed by atoms with Crippen LogP contribution in [-0.2, 0) is 18.5 Å². The Hall–Kier alpha value is -2.93. The van der Waals surface area contributed by atoms with Gasteiger partial charge in [-0.05, 0) is 37.6 Å². The number of likely N-dealkylation sites (tertiary alicyclic amines) is 1. The van der Waals surface area contributed by atoms with Crippen LogP contribution in [0.3, 0.4) is 0 Å². The van der Waals surface area contributed by atoms with Crippen LogP contribution in [0.2, 0.25) is 0 Å². The molecule has 7 heteroatoms. The Balaban J connectivity index is 1.30. The molecule has 0 saturated carbocycles. The summed E-state index contributed by atoms with van der Waals surface area (Å²) < 4.78 is 2.22. The number of nitrogens with zero attached hydrogens (tertiary/aromatic N) is 5. The molecule has 6 heterocycles. The third-order valence-corrected chi connectivity index (χ3v) is 6.18. The highest BCUT2D eigenvalue weighted by atomic mass is 15.3. The smallest absolute Gasteiger partial charge is 0.137 e. The van der Waals surface area contributed by atoms with Crippen LogP contribution >= 0.6 is 0 Å². The van der Waals surface area contributed by atoms with Gasteiger partial charge in [-0.2, -0.15) is 5.10 Å². The number of H-pyrrole nitrogens is 2. The van der Waals surface area contributed by atoms with E-state index in [0.717, 1.165) is 54.3 Å². The molecule has 2 N–H and O–H groups in total. The number of aryl methyl sites for hydroxylation is 1. The van der Waals surface area contributed by atoms with Crippen LogP contribution in [0.15, 0.2) is 43.0 Å². The number of aromatic amines is 2. The molecule has 0 aliphatic carbocycles. The van der Waals surface area contributed by atoms with Gasteiger partial charge in [0.15, 0.2) is 0 Å². The largest absolute Gasteiger partial charge is 0.348 e. The number of pyridine rings is 1. The minimum atomic E-state index is 0.226. The summed E-state index contributed by atoms with van der Waals surface area (Å²) >= 11 is 0. The molecule has 0 aromatic carbocycles. The van der Waals surface area contributed by atoms with E-state index < -0.39 is 0 Å². The molecular weight excluding hydrogens is 338 g/mol. The fourth-order valence-electron chi connectivity index (χ4n) is 4.79. The Kier molecular flexibility index (Phi) is 3.11. The van der Waals surface area contributed by atoms with E-state index in [1.54, 1.807) is 0 Å². The van der Waals surface area contributed by atoms with Crippen LogP contribution in [0.25, 0.3) is 22.3 Å². The van der Waals surface area contributed by atoms with Crippen LogP contribution in [0.5, 0.6) is 0 Å². The molecule has 1 saturated heterocycles. The standard InChI is InChI=1S/C20H21N7/c1-4-23-19-14(1)9-15(11-24-19)16-10-17-20(3-8-27(17)25-16)2-7-26(13-20)12-18-21-5-6-22-18/h1,4-6,9-11H,2-3,7-8,12-13H2,(H,21,22)(H,23,24). The van der Waals surface area contributed by atoms with Crippen molar-refractivity contribution in [1.82, 2.24) is 34.6 Å². The van der Waals surface area contributed by atoms with Crippen molar-refractivity contribution in [2.24, 2.45) is 0 Å². The van der Waals surface area contributed by atoms with E-state index in [2.05, 4.69) is 47.7 Å². The highest BCUT2D eigenvalue weighted by molar-refractivity contribution is 5.80. The number of hydrogen-bond acceptors (Lipinski definition) is 4. The second kappa shape index (κ2) is 5.53. The summed E-state index contributed by atoms with van der Waals surface area (Å²) in [6.45, 7) is 4.08. The number of imidazole rings is 1. The quantitative estimate of drug-likeness (QED) is 0.589. The van der Waals surface area contributed by atoms with Crippen molar-refractivity contribution in [2.45, 2.75) is 31.3 Å². The maximum Gasteiger partial charge on any atom is 0.137 e. The Labute approximate surface area is 156 Å². The first-order valence-electron chi connectivity index (χ1n) is 9.52. The lowest BCUT2D eigenvalue weighted by Crippen LogP contribution is -2.29. The Morgan fingerprint density at radius 1 is 1.07 bits per heavy atom. The van der Waals surface area contributed by atoms with Crippen molar-refractivity contribution in [1.29, 1.82) is 0 Å². The van der Waals surface area contributed by atoms with Crippen molar-refractivity contribution in [3.63, 3.8) is 0 Å². The molecule has 6 rings (SSSR count). The highest BCUT2D eigenvalue weighted by Crippen LogP contribution is 2.44. The second-order valence-electron chi connectivity index (χ2n) is 7.80. The van der Waals surface area contributed by atoms with E-state index in [4.69, 9.17) is 5.10 Å². The summed E-state index contributed by atoms with van der Waals surface area (Å²) in [7, 11) is 0. The summed E-state index contributed by atoms with van der Waals surface area (Å²) in [6, 6.07) is 6.51. The molecule has 0 radical (unpaired) electrons. The van der Waals surface area contributed by atoms with Crippen molar-refractivity contribution in [3.05, 3.63) is 54.5 Å². The van der Waals surface area contributed by atoms with E-state index in [1.807, 2.05) is 24.8 Å². The fraction of sp³-hybridized carbons (Fsp3) is 0.350. The molecule has 1 spiro atoms. The van der Waals surface area contributed by atoms with Crippen LogP contribution < -0.4 is 0 Å². The predicted molar refractivity (Wildman–Crippen MR) is 102 cm³/mol. The van der Waals surface area contributed by atoms with E-state index in [0.29, 0.717) is 0 Å². The summed E-state index contributed by atoms with van der Waals surface area (Å²) in [6.07, 6.45) is 9.94. The molecular formula is C20H21N7. The molecule has 1 atom stereocenters. The van der Waals surface area contributed by atoms with Gasteiger partial charge in [0.25, 0.3) is 0 Å². The molecule has 7 nitrogen and oxygen atoms in total. The lowest BCUT2D eigenvalue weighted by atomic mass is 9.82. The van der Waals surface area contributed by atoms with Crippen molar-refractivity contribution in [2.75, 3.05) is 13.1 Å². The first-order valence-corrected chi connectivity index (χ1v) is 9.52. The first kappa shape index (κ1) is 15.2. The molecule has 4 aromatic heterocycles. The van der Waals surface area contributed by atoms with Crippen LogP contribution in [0, 0.1) is 0 Å². The normalized spacial score (nSPS) is 22.2. The average Bonchev–Trinajstić information content (AvgIpc) is 3.46. The predicted octanol–water partition coefficient (Wildman–Crippen LogP) is 2.70. The van der Waals surface area contributed by atoms with Crippen LogP contribution in [0.1, 0.15) is 24.4 Å². The number of aromatic nitrogens is 6. The van der Waals surface area contributed by atoms with Gasteiger partial charge in [0, 0.05) is 59.9 Å². The third kappa shape index (κ3) is 2.35. The van der Waals surface area contributed by atoms with Gasteiger partial charge in [-0.3, -0.25) is 9.58 Å². The number of rotatable bonds is 3. The maximum atomic E-state index is 4.90. The van der Waals surface area contributed by atoms with Gasteiger partial charge >= 0.3 is 0 Å². The Morgan fingerprint density at radius 3 is 2.96 bits per heavy atom. The molecule has 0 amide bonds. The Bertz CT molecular complexity index is 1110. The maximum absolute atomic E-state index is 4.90. The van der Waals surface area contributed by atoms with Gasteiger partial charge in [0.1, 0.15) is 11.5 Å². The summed E-state index contributed by atoms with van der Waals surface area (Å²) in [5.41, 5.74) is 4.65. The van der Waals surface area contributed by atoms with E-state index >= 15 is 0 Å². The molecule has 1 fully saturated rings. The lowest BCUT2D eigenvalue weighted by Gasteiger charge is -2.23. The van der Waals surface area contributed by atoms with Crippen molar-refractivity contribution < 1.29 is 0 Å². The molecule has 2 aliphatic heterocycles.